The van der Waals surface area contributed by atoms with Gasteiger partial charge in [0.25, 0.3) is 0 Å². The van der Waals surface area contributed by atoms with E-state index >= 15 is 0 Å². The predicted molar refractivity (Wildman–Crippen MR) is 74.9 cm³/mol. The Kier molecular flexibility index (Phi) is 3.53. The van der Waals surface area contributed by atoms with Crippen LogP contribution in [0.1, 0.15) is 21.8 Å². The lowest BCUT2D eigenvalue weighted by atomic mass is 9.90. The number of carbonyl (C=O) groups is 2. The van der Waals surface area contributed by atoms with E-state index in [1.165, 1.54) is 6.07 Å². The van der Waals surface area contributed by atoms with Crippen molar-refractivity contribution >= 4 is 17.7 Å². The van der Waals surface area contributed by atoms with Crippen LogP contribution in [0, 0.1) is 0 Å². The van der Waals surface area contributed by atoms with Crippen molar-refractivity contribution in [2.45, 2.75) is 24.1 Å². The summed E-state index contributed by atoms with van der Waals surface area (Å²) in [5.74, 6) is -2.24. The first-order valence-electron chi connectivity index (χ1n) is 7.09. The molecule has 0 aromatic heterocycles. The molecule has 2 aliphatic rings. The van der Waals surface area contributed by atoms with Crippen LogP contribution in [-0.4, -0.2) is 53.6 Å². The number of ether oxygens (including phenoxy) is 1. The third-order valence-electron chi connectivity index (χ3n) is 4.49. The number of anilines is 1. The highest BCUT2D eigenvalue weighted by molar-refractivity contribution is 5.91. The lowest BCUT2D eigenvalue weighted by molar-refractivity contribution is -0.428. The minimum atomic E-state index is -1.20. The number of hydrogen-bond donors (Lipinski definition) is 4. The summed E-state index contributed by atoms with van der Waals surface area (Å²) < 4.78 is 4.83. The second-order valence-electron chi connectivity index (χ2n) is 5.84. The van der Waals surface area contributed by atoms with Crippen LogP contribution in [0.15, 0.2) is 12.1 Å². The first kappa shape index (κ1) is 15.4. The van der Waals surface area contributed by atoms with Crippen molar-refractivity contribution < 1.29 is 35.4 Å². The number of aromatic carboxylic acids is 1. The molecule has 9 heteroatoms. The van der Waals surface area contributed by atoms with E-state index in [9.17, 15) is 19.8 Å². The molecule has 1 saturated heterocycles. The quantitative estimate of drug-likeness (QED) is 0.490. The highest BCUT2D eigenvalue weighted by atomic mass is 16.5. The second-order valence-corrected chi connectivity index (χ2v) is 5.84. The van der Waals surface area contributed by atoms with Crippen LogP contribution in [0.2, 0.25) is 0 Å². The monoisotopic (exact) mass is 323 g/mol. The van der Waals surface area contributed by atoms with E-state index in [1.54, 1.807) is 4.90 Å². The number of amides is 1. The molecular formula is C14H17N3O6. The third kappa shape index (κ3) is 2.34. The maximum Gasteiger partial charge on any atom is 0.404 e. The normalized spacial score (nSPS) is 28.3. The Morgan fingerprint density at radius 1 is 1.48 bits per heavy atom. The number of fused-ring (bicyclic) bond motifs is 3. The summed E-state index contributed by atoms with van der Waals surface area (Å²) in [7, 11) is 0. The Morgan fingerprint density at radius 3 is 2.78 bits per heavy atom. The zero-order valence-corrected chi connectivity index (χ0v) is 12.1. The van der Waals surface area contributed by atoms with Crippen LogP contribution < -0.4 is 21.5 Å². The summed E-state index contributed by atoms with van der Waals surface area (Å²) in [4.78, 5) is 23.8. The SMILES string of the molecule is NC(=O)OC[C@H]1c2c([O-])cc(C(=O)O)cc2N2C[C@H]([NH3+])[C@@H](O)C12. The summed E-state index contributed by atoms with van der Waals surface area (Å²) in [5.41, 5.74) is 9.52. The van der Waals surface area contributed by atoms with Gasteiger partial charge in [-0.1, -0.05) is 6.07 Å². The molecule has 0 bridgehead atoms. The zero-order chi connectivity index (χ0) is 16.9. The lowest BCUT2D eigenvalue weighted by Crippen LogP contribution is -2.67. The second kappa shape index (κ2) is 5.28. The van der Waals surface area contributed by atoms with Gasteiger partial charge in [-0.25, -0.2) is 9.59 Å². The largest absolute Gasteiger partial charge is 0.872 e. The van der Waals surface area contributed by atoms with E-state index in [0.717, 1.165) is 6.07 Å². The van der Waals surface area contributed by atoms with Gasteiger partial charge in [-0.2, -0.15) is 0 Å². The molecule has 1 amide bonds. The number of nitrogens with two attached hydrogens (primary N) is 1. The molecule has 0 spiro atoms. The number of benzene rings is 1. The molecule has 1 aromatic carbocycles. The van der Waals surface area contributed by atoms with E-state index in [0.29, 0.717) is 17.8 Å². The number of aliphatic hydroxyl groups is 1. The van der Waals surface area contributed by atoms with E-state index in [4.69, 9.17) is 15.6 Å². The summed E-state index contributed by atoms with van der Waals surface area (Å²) in [6.07, 6.45) is -1.80. The molecule has 2 heterocycles. The Hall–Kier alpha value is -2.52. The lowest BCUT2D eigenvalue weighted by Gasteiger charge is -2.24. The molecule has 9 nitrogen and oxygen atoms in total. The molecule has 0 saturated carbocycles. The third-order valence-corrected chi connectivity index (χ3v) is 4.49. The van der Waals surface area contributed by atoms with E-state index in [1.807, 2.05) is 0 Å². The number of rotatable bonds is 3. The van der Waals surface area contributed by atoms with Gasteiger partial charge >= 0.3 is 12.1 Å². The average molecular weight is 323 g/mol. The van der Waals surface area contributed by atoms with Gasteiger partial charge in [-0.3, -0.25) is 0 Å². The maximum absolute atomic E-state index is 12.4. The summed E-state index contributed by atoms with van der Waals surface area (Å²) in [5, 5.41) is 31.8. The molecule has 3 rings (SSSR count). The number of carboxylic acid groups (broad SMARTS) is 1. The Bertz CT molecular complexity index is 679. The highest BCUT2D eigenvalue weighted by Crippen LogP contribution is 2.49. The Labute approximate surface area is 131 Å². The van der Waals surface area contributed by atoms with Crippen LogP contribution >= 0.6 is 0 Å². The van der Waals surface area contributed by atoms with Gasteiger partial charge in [0.15, 0.2) is 0 Å². The average Bonchev–Trinajstić information content (AvgIpc) is 2.93. The molecule has 23 heavy (non-hydrogen) atoms. The van der Waals surface area contributed by atoms with E-state index in [-0.39, 0.29) is 18.2 Å². The highest BCUT2D eigenvalue weighted by Gasteiger charge is 2.52. The number of aliphatic hydroxyl groups excluding tert-OH is 1. The van der Waals surface area contributed by atoms with Crippen molar-refractivity contribution in [2.75, 3.05) is 18.1 Å². The molecule has 1 aromatic rings. The number of quaternary nitrogens is 1. The van der Waals surface area contributed by atoms with Crippen molar-refractivity contribution in [3.63, 3.8) is 0 Å². The fourth-order valence-corrected chi connectivity index (χ4v) is 3.53. The summed E-state index contributed by atoms with van der Waals surface area (Å²) in [6.45, 7) is 0.226. The predicted octanol–water partition coefficient (Wildman–Crippen LogP) is -2.19. The molecular weight excluding hydrogens is 306 g/mol. The van der Waals surface area contributed by atoms with Gasteiger partial charge in [-0.15, -0.1) is 5.75 Å². The van der Waals surface area contributed by atoms with Crippen LogP contribution in [0.4, 0.5) is 10.5 Å². The van der Waals surface area contributed by atoms with Crippen molar-refractivity contribution in [3.05, 3.63) is 23.3 Å². The first-order chi connectivity index (χ1) is 10.8. The number of hydrogen-bond acceptors (Lipinski definition) is 6. The summed E-state index contributed by atoms with van der Waals surface area (Å²) >= 11 is 0. The maximum atomic E-state index is 12.4. The fourth-order valence-electron chi connectivity index (χ4n) is 3.53. The Balaban J connectivity index is 2.08. The first-order valence-corrected chi connectivity index (χ1v) is 7.09. The van der Waals surface area contributed by atoms with Gasteiger partial charge in [0, 0.05) is 11.6 Å². The number of nitrogens with zero attached hydrogens (tertiary/aromatic N) is 1. The molecule has 124 valence electrons. The zero-order valence-electron chi connectivity index (χ0n) is 12.1. The van der Waals surface area contributed by atoms with Crippen molar-refractivity contribution in [1.82, 2.24) is 0 Å². The van der Waals surface area contributed by atoms with E-state index < -0.39 is 35.9 Å². The minimum Gasteiger partial charge on any atom is -0.872 e. The number of carbonyl (C=O) groups excluding carboxylic acids is 1. The Morgan fingerprint density at radius 2 is 2.17 bits per heavy atom. The van der Waals surface area contributed by atoms with Crippen LogP contribution in [0.5, 0.6) is 5.75 Å². The van der Waals surface area contributed by atoms with E-state index in [2.05, 4.69) is 5.73 Å². The minimum absolute atomic E-state index is 0.119. The van der Waals surface area contributed by atoms with Crippen molar-refractivity contribution in [1.29, 1.82) is 0 Å². The molecule has 1 fully saturated rings. The van der Waals surface area contributed by atoms with Crippen LogP contribution in [0.3, 0.4) is 0 Å². The number of carboxylic acids is 1. The standard InChI is InChI=1S/C14H17N3O6/c15-7-3-17-8-1-5(13(20)21)2-9(18)10(8)6(4-23-14(16)22)11(17)12(7)19/h1-2,6-7,11-12,18-19H,3-4,15H2,(H2,16,22)(H,20,21)/t6-,7-,11?,12+/m0/s1. The topological polar surface area (TPSA) is 164 Å². The number of primary amides is 1. The van der Waals surface area contributed by atoms with Crippen LogP contribution in [-0.2, 0) is 4.74 Å². The molecule has 4 atom stereocenters. The van der Waals surface area contributed by atoms with Crippen LogP contribution in [0.25, 0.3) is 0 Å². The van der Waals surface area contributed by atoms with Crippen molar-refractivity contribution in [2.24, 2.45) is 5.73 Å². The summed E-state index contributed by atoms with van der Waals surface area (Å²) in [6, 6.07) is 1.65. The van der Waals surface area contributed by atoms with Crippen molar-refractivity contribution in [3.8, 4) is 5.75 Å². The van der Waals surface area contributed by atoms with Gasteiger partial charge in [0.1, 0.15) is 18.8 Å². The van der Waals surface area contributed by atoms with Gasteiger partial charge in [0.05, 0.1) is 18.2 Å². The molecule has 7 N–H and O–H groups in total. The smallest absolute Gasteiger partial charge is 0.404 e. The molecule has 2 aliphatic heterocycles. The molecule has 1 unspecified atom stereocenters. The van der Waals surface area contributed by atoms with Gasteiger partial charge in [-0.05, 0) is 11.6 Å². The fraction of sp³-hybridized carbons (Fsp3) is 0.429. The van der Waals surface area contributed by atoms with Gasteiger partial charge < -0.3 is 36.4 Å². The molecule has 0 radical (unpaired) electrons. The van der Waals surface area contributed by atoms with Gasteiger partial charge in [0.2, 0.25) is 0 Å². The molecule has 0 aliphatic carbocycles.